The molecule has 19 heavy (non-hydrogen) atoms. The third kappa shape index (κ3) is 2.30. The van der Waals surface area contributed by atoms with E-state index < -0.39 is 0 Å². The maximum absolute atomic E-state index is 10.9. The Morgan fingerprint density at radius 1 is 1.42 bits per heavy atom. The Morgan fingerprint density at radius 2 is 2.21 bits per heavy atom. The van der Waals surface area contributed by atoms with Gasteiger partial charge in [-0.25, -0.2) is 4.68 Å². The number of thiophene rings is 1. The third-order valence-corrected chi connectivity index (χ3v) is 4.35. The van der Waals surface area contributed by atoms with Gasteiger partial charge >= 0.3 is 5.69 Å². The second-order valence-corrected chi connectivity index (χ2v) is 5.36. The maximum Gasteiger partial charge on any atom is 0.303 e. The number of anilines is 1. The van der Waals surface area contributed by atoms with Gasteiger partial charge in [0.05, 0.1) is 17.2 Å². The standard InChI is InChI=1S/C11H13N5O2S/c17-16(18)10-3-8-19-11(10)14-5-1-9(2-6-14)15-7-4-12-13-15/h3-4,7-9H,1-2,5-6H2. The summed E-state index contributed by atoms with van der Waals surface area (Å²) >= 11 is 1.43. The van der Waals surface area contributed by atoms with Crippen molar-refractivity contribution >= 4 is 22.0 Å². The SMILES string of the molecule is O=[N+]([O-])c1ccsc1N1CCC(n2ccnn2)CC1. The molecule has 8 heteroatoms. The molecule has 0 bridgehead atoms. The van der Waals surface area contributed by atoms with Crippen LogP contribution in [-0.4, -0.2) is 33.0 Å². The molecule has 1 aliphatic heterocycles. The van der Waals surface area contributed by atoms with Gasteiger partial charge in [0.2, 0.25) is 0 Å². The van der Waals surface area contributed by atoms with Crippen molar-refractivity contribution in [3.05, 3.63) is 34.0 Å². The van der Waals surface area contributed by atoms with Crippen LogP contribution in [0.2, 0.25) is 0 Å². The predicted molar refractivity (Wildman–Crippen MR) is 71.5 cm³/mol. The summed E-state index contributed by atoms with van der Waals surface area (Å²) in [6.45, 7) is 1.62. The summed E-state index contributed by atoms with van der Waals surface area (Å²) in [5, 5.41) is 21.3. The molecule has 2 aromatic heterocycles. The molecule has 0 radical (unpaired) electrons. The average molecular weight is 279 g/mol. The van der Waals surface area contributed by atoms with Crippen molar-refractivity contribution < 1.29 is 4.92 Å². The zero-order valence-electron chi connectivity index (χ0n) is 10.2. The lowest BCUT2D eigenvalue weighted by molar-refractivity contribution is -0.383. The van der Waals surface area contributed by atoms with Gasteiger partial charge < -0.3 is 4.90 Å². The first-order valence-corrected chi connectivity index (χ1v) is 6.96. The minimum atomic E-state index is -0.310. The highest BCUT2D eigenvalue weighted by Crippen LogP contribution is 2.36. The van der Waals surface area contributed by atoms with Crippen molar-refractivity contribution in [2.45, 2.75) is 18.9 Å². The quantitative estimate of drug-likeness (QED) is 0.635. The molecule has 0 amide bonds. The topological polar surface area (TPSA) is 77.1 Å². The molecule has 1 fully saturated rings. The summed E-state index contributed by atoms with van der Waals surface area (Å²) in [5.74, 6) is 0. The molecule has 2 aromatic rings. The highest BCUT2D eigenvalue weighted by Gasteiger charge is 2.26. The van der Waals surface area contributed by atoms with Crippen LogP contribution < -0.4 is 4.90 Å². The molecule has 0 atom stereocenters. The molecule has 100 valence electrons. The molecule has 0 aliphatic carbocycles. The Balaban J connectivity index is 1.70. The lowest BCUT2D eigenvalue weighted by atomic mass is 10.1. The second-order valence-electron chi connectivity index (χ2n) is 4.47. The molecule has 1 saturated heterocycles. The fourth-order valence-corrected chi connectivity index (χ4v) is 3.34. The fraction of sp³-hybridized carbons (Fsp3) is 0.455. The number of aromatic nitrogens is 3. The van der Waals surface area contributed by atoms with Crippen LogP contribution in [0.25, 0.3) is 0 Å². The van der Waals surface area contributed by atoms with Gasteiger partial charge in [-0.3, -0.25) is 10.1 Å². The largest absolute Gasteiger partial charge is 0.358 e. The van der Waals surface area contributed by atoms with E-state index in [0.29, 0.717) is 6.04 Å². The molecule has 3 rings (SSSR count). The molecule has 0 N–H and O–H groups in total. The van der Waals surface area contributed by atoms with Gasteiger partial charge in [0.25, 0.3) is 0 Å². The minimum absolute atomic E-state index is 0.212. The van der Waals surface area contributed by atoms with E-state index in [1.807, 2.05) is 10.9 Å². The number of hydrogen-bond acceptors (Lipinski definition) is 6. The lowest BCUT2D eigenvalue weighted by Crippen LogP contribution is -2.34. The summed E-state index contributed by atoms with van der Waals surface area (Å²) in [6.07, 6.45) is 5.40. The highest BCUT2D eigenvalue weighted by atomic mass is 32.1. The summed E-state index contributed by atoms with van der Waals surface area (Å²) in [6, 6.07) is 1.92. The Labute approximate surface area is 113 Å². The van der Waals surface area contributed by atoms with Crippen molar-refractivity contribution in [2.24, 2.45) is 0 Å². The zero-order valence-corrected chi connectivity index (χ0v) is 11.0. The first kappa shape index (κ1) is 12.1. The molecule has 1 aliphatic rings. The molecular weight excluding hydrogens is 266 g/mol. The van der Waals surface area contributed by atoms with Crippen molar-refractivity contribution in [2.75, 3.05) is 18.0 Å². The Kier molecular flexibility index (Phi) is 3.16. The normalized spacial score (nSPS) is 16.7. The second kappa shape index (κ2) is 4.96. The minimum Gasteiger partial charge on any atom is -0.358 e. The lowest BCUT2D eigenvalue weighted by Gasteiger charge is -2.31. The first-order valence-electron chi connectivity index (χ1n) is 6.08. The van der Waals surface area contributed by atoms with Crippen LogP contribution in [0, 0.1) is 10.1 Å². The van der Waals surface area contributed by atoms with E-state index in [-0.39, 0.29) is 10.6 Å². The predicted octanol–water partition coefficient (Wildman–Crippen LogP) is 2.09. The number of piperidine rings is 1. The van der Waals surface area contributed by atoms with Crippen LogP contribution >= 0.6 is 11.3 Å². The van der Waals surface area contributed by atoms with Crippen LogP contribution in [0.4, 0.5) is 10.7 Å². The van der Waals surface area contributed by atoms with Crippen molar-refractivity contribution in [1.82, 2.24) is 15.0 Å². The Hall–Kier alpha value is -1.96. The van der Waals surface area contributed by atoms with Gasteiger partial charge in [0.1, 0.15) is 0 Å². The first-order chi connectivity index (χ1) is 9.25. The highest BCUT2D eigenvalue weighted by molar-refractivity contribution is 7.14. The van der Waals surface area contributed by atoms with Gasteiger partial charge in [0.15, 0.2) is 5.00 Å². The average Bonchev–Trinajstić information content (AvgIpc) is 3.10. The van der Waals surface area contributed by atoms with Crippen LogP contribution in [0.1, 0.15) is 18.9 Å². The number of hydrogen-bond donors (Lipinski definition) is 0. The van der Waals surface area contributed by atoms with Crippen LogP contribution in [0.15, 0.2) is 23.8 Å². The number of rotatable bonds is 3. The van der Waals surface area contributed by atoms with E-state index in [2.05, 4.69) is 15.2 Å². The maximum atomic E-state index is 10.9. The summed E-state index contributed by atoms with van der Waals surface area (Å²) in [4.78, 5) is 12.7. The van der Waals surface area contributed by atoms with E-state index in [1.165, 1.54) is 11.3 Å². The summed E-state index contributed by atoms with van der Waals surface area (Å²) in [5.41, 5.74) is 0.212. The molecule has 7 nitrogen and oxygen atoms in total. The van der Waals surface area contributed by atoms with Gasteiger partial charge in [-0.1, -0.05) is 5.21 Å². The molecule has 0 aromatic carbocycles. The molecular formula is C11H13N5O2S. The Morgan fingerprint density at radius 3 is 2.84 bits per heavy atom. The van der Waals surface area contributed by atoms with Gasteiger partial charge in [0, 0.05) is 25.4 Å². The van der Waals surface area contributed by atoms with E-state index in [4.69, 9.17) is 0 Å². The number of nitro groups is 1. The van der Waals surface area contributed by atoms with Crippen molar-refractivity contribution in [3.8, 4) is 0 Å². The van der Waals surface area contributed by atoms with Gasteiger partial charge in [-0.05, 0) is 18.2 Å². The van der Waals surface area contributed by atoms with Crippen LogP contribution in [-0.2, 0) is 0 Å². The van der Waals surface area contributed by atoms with Crippen LogP contribution in [0.5, 0.6) is 0 Å². The summed E-state index contributed by atoms with van der Waals surface area (Å²) in [7, 11) is 0. The zero-order chi connectivity index (χ0) is 13.2. The third-order valence-electron chi connectivity index (χ3n) is 3.39. The van der Waals surface area contributed by atoms with Crippen LogP contribution in [0.3, 0.4) is 0 Å². The fourth-order valence-electron chi connectivity index (χ4n) is 2.42. The van der Waals surface area contributed by atoms with E-state index in [9.17, 15) is 10.1 Å². The number of nitrogens with zero attached hydrogens (tertiary/aromatic N) is 5. The monoisotopic (exact) mass is 279 g/mol. The molecule has 0 unspecified atom stereocenters. The molecule has 0 saturated carbocycles. The smallest absolute Gasteiger partial charge is 0.303 e. The van der Waals surface area contributed by atoms with E-state index in [1.54, 1.807) is 17.6 Å². The van der Waals surface area contributed by atoms with Crippen molar-refractivity contribution in [3.63, 3.8) is 0 Å². The van der Waals surface area contributed by atoms with Crippen molar-refractivity contribution in [1.29, 1.82) is 0 Å². The molecule has 3 heterocycles. The van der Waals surface area contributed by atoms with Gasteiger partial charge in [-0.15, -0.1) is 16.4 Å². The van der Waals surface area contributed by atoms with E-state index in [0.717, 1.165) is 30.9 Å². The summed E-state index contributed by atoms with van der Waals surface area (Å²) < 4.78 is 1.88. The van der Waals surface area contributed by atoms with Gasteiger partial charge in [-0.2, -0.15) is 0 Å². The van der Waals surface area contributed by atoms with E-state index >= 15 is 0 Å². The Bertz CT molecular complexity index is 559. The molecule has 0 spiro atoms.